The molecule has 0 radical (unpaired) electrons. The average Bonchev–Trinajstić information content (AvgIpc) is 3.52. The van der Waals surface area contributed by atoms with E-state index in [0.717, 1.165) is 12.8 Å². The number of piperazine rings is 1. The molecule has 7 rings (SSSR count). The smallest absolute Gasteiger partial charge is 0.410 e. The summed E-state index contributed by atoms with van der Waals surface area (Å²) in [5.74, 6) is 2.22. The van der Waals surface area contributed by atoms with Crippen LogP contribution in [0.5, 0.6) is 5.75 Å². The molecule has 3 atom stereocenters. The van der Waals surface area contributed by atoms with Gasteiger partial charge in [-0.3, -0.25) is 4.90 Å². The molecule has 1 amide bonds. The van der Waals surface area contributed by atoms with Gasteiger partial charge in [0.2, 0.25) is 15.0 Å². The zero-order valence-electron chi connectivity index (χ0n) is 37.3. The molecule has 0 unspecified atom stereocenters. The molecule has 2 aromatic heterocycles. The standard InChI is InChI=1S/C46H59F2N5O6SSi/c1-12-60(55,56)44-50-42-39-35(14-13-15-36-37-19-17-30(24-52(36)43(39)51-44)53(37)45(54)59-46(8,9)10)49-41(40(42)48)33-23-31(58-25-57-11)22-29-16-18-34(47)32(38(29)33)20-21-61(26(2)3,27(4)5)28(6)7/h16,18,22-23,26-28,30,36-37H,12-15,17,19,24-25H2,1-11H3/t30-,36-,37+/m1/s1. The third-order valence-corrected chi connectivity index (χ3v) is 20.8. The number of sulfone groups is 1. The molecule has 3 aliphatic rings. The molecule has 15 heteroatoms. The summed E-state index contributed by atoms with van der Waals surface area (Å²) in [4.78, 5) is 31.8. The molecule has 2 aromatic carbocycles. The first kappa shape index (κ1) is 44.7. The van der Waals surface area contributed by atoms with Gasteiger partial charge in [0.25, 0.3) is 0 Å². The van der Waals surface area contributed by atoms with Gasteiger partial charge < -0.3 is 19.1 Å². The Morgan fingerprint density at radius 1 is 0.967 bits per heavy atom. The van der Waals surface area contributed by atoms with E-state index in [1.807, 2.05) is 25.7 Å². The Morgan fingerprint density at radius 3 is 2.31 bits per heavy atom. The highest BCUT2D eigenvalue weighted by Gasteiger charge is 2.51. The van der Waals surface area contributed by atoms with E-state index in [1.165, 1.54) is 20.1 Å². The predicted molar refractivity (Wildman–Crippen MR) is 237 cm³/mol. The lowest BCUT2D eigenvalue weighted by molar-refractivity contribution is 0.00700. The minimum Gasteiger partial charge on any atom is -0.468 e. The minimum atomic E-state index is -4.05. The van der Waals surface area contributed by atoms with E-state index in [-0.39, 0.29) is 81.5 Å². The van der Waals surface area contributed by atoms with E-state index >= 15 is 8.78 Å². The predicted octanol–water partition coefficient (Wildman–Crippen LogP) is 9.76. The van der Waals surface area contributed by atoms with Crippen molar-refractivity contribution in [3.05, 3.63) is 47.2 Å². The quantitative estimate of drug-likeness (QED) is 0.0695. The molecule has 11 nitrogen and oxygen atoms in total. The van der Waals surface area contributed by atoms with Crippen molar-refractivity contribution in [2.45, 2.75) is 147 Å². The van der Waals surface area contributed by atoms with Crippen LogP contribution in [-0.2, 0) is 25.7 Å². The summed E-state index contributed by atoms with van der Waals surface area (Å²) >= 11 is 0. The number of amides is 1. The Labute approximate surface area is 359 Å². The normalized spacial score (nSPS) is 19.3. The second-order valence-corrected chi connectivity index (χ2v) is 26.4. The Bertz CT molecular complexity index is 2530. The number of hydrogen-bond donors (Lipinski definition) is 0. The molecule has 328 valence electrons. The number of ether oxygens (including phenoxy) is 3. The molecule has 2 fully saturated rings. The van der Waals surface area contributed by atoms with Gasteiger partial charge in [-0.25, -0.2) is 36.9 Å². The third-order valence-electron chi connectivity index (χ3n) is 13.0. The highest BCUT2D eigenvalue weighted by atomic mass is 32.2. The number of benzene rings is 2. The van der Waals surface area contributed by atoms with Crippen molar-refractivity contribution >= 4 is 51.5 Å². The lowest BCUT2D eigenvalue weighted by atomic mass is 9.92. The van der Waals surface area contributed by atoms with E-state index in [9.17, 15) is 13.2 Å². The Hall–Kier alpha value is -4.39. The van der Waals surface area contributed by atoms with Crippen molar-refractivity contribution in [2.24, 2.45) is 0 Å². The van der Waals surface area contributed by atoms with Crippen LogP contribution in [0.15, 0.2) is 29.4 Å². The second kappa shape index (κ2) is 16.7. The third kappa shape index (κ3) is 7.97. The van der Waals surface area contributed by atoms with E-state index < -0.39 is 40.3 Å². The van der Waals surface area contributed by atoms with Gasteiger partial charge in [0.05, 0.1) is 40.5 Å². The maximum absolute atomic E-state index is 17.9. The monoisotopic (exact) mass is 875 g/mol. The molecule has 2 saturated heterocycles. The zero-order chi connectivity index (χ0) is 44.3. The lowest BCUT2D eigenvalue weighted by Crippen LogP contribution is -2.62. The molecule has 0 spiro atoms. The minimum absolute atomic E-state index is 0.0951. The molecule has 0 saturated carbocycles. The van der Waals surface area contributed by atoms with Crippen molar-refractivity contribution in [2.75, 3.05) is 31.1 Å². The molecule has 3 aliphatic heterocycles. The van der Waals surface area contributed by atoms with E-state index in [4.69, 9.17) is 24.2 Å². The van der Waals surface area contributed by atoms with Gasteiger partial charge in [0.1, 0.15) is 42.3 Å². The summed E-state index contributed by atoms with van der Waals surface area (Å²) < 4.78 is 78.6. The molecular weight excluding hydrogens is 817 g/mol. The highest BCUT2D eigenvalue weighted by Crippen LogP contribution is 2.46. The number of pyridine rings is 1. The number of fused-ring (bicyclic) bond motifs is 6. The van der Waals surface area contributed by atoms with Crippen molar-refractivity contribution in [1.82, 2.24) is 19.9 Å². The largest absolute Gasteiger partial charge is 0.468 e. The summed E-state index contributed by atoms with van der Waals surface area (Å²) in [6.07, 6.45) is 2.74. The van der Waals surface area contributed by atoms with Crippen LogP contribution in [0.2, 0.25) is 16.6 Å². The first-order valence-corrected chi connectivity index (χ1v) is 25.4. The SMILES string of the molecule is CCS(=O)(=O)c1nc2c3c(nc(-c4cc(OCOC)cc5ccc(F)c(C#C[Si](C(C)C)(C(C)C)C(C)C)c45)c(F)c3n1)CCC[C@@H]1[C@@H]3CC[C@H](CN21)N3C(=O)OC(C)(C)C. The fourth-order valence-corrected chi connectivity index (χ4v) is 16.2. The van der Waals surface area contributed by atoms with Gasteiger partial charge in [0, 0.05) is 24.6 Å². The van der Waals surface area contributed by atoms with Crippen molar-refractivity contribution in [3.63, 3.8) is 0 Å². The molecule has 2 bridgehead atoms. The van der Waals surface area contributed by atoms with E-state index in [1.54, 1.807) is 18.2 Å². The van der Waals surface area contributed by atoms with Gasteiger partial charge in [-0.05, 0) is 93.1 Å². The van der Waals surface area contributed by atoms with Crippen molar-refractivity contribution < 1.29 is 36.2 Å². The number of aryl methyl sites for hydroxylation is 1. The van der Waals surface area contributed by atoms with Gasteiger partial charge in [0.15, 0.2) is 12.6 Å². The number of anilines is 1. The van der Waals surface area contributed by atoms with Crippen LogP contribution >= 0.6 is 0 Å². The van der Waals surface area contributed by atoms with Crippen LogP contribution in [0.4, 0.5) is 19.4 Å². The molecule has 0 aliphatic carbocycles. The fraction of sp³-hybridized carbons (Fsp3) is 0.565. The number of carbonyl (C=O) groups is 1. The van der Waals surface area contributed by atoms with Gasteiger partial charge >= 0.3 is 6.09 Å². The van der Waals surface area contributed by atoms with Crippen LogP contribution in [-0.4, -0.2) is 92.4 Å². The zero-order valence-corrected chi connectivity index (χ0v) is 39.1. The molecule has 4 aromatic rings. The lowest BCUT2D eigenvalue weighted by Gasteiger charge is -2.48. The van der Waals surface area contributed by atoms with Crippen molar-refractivity contribution in [3.8, 4) is 28.5 Å². The number of rotatable bonds is 9. The summed E-state index contributed by atoms with van der Waals surface area (Å²) in [5.41, 5.74) is 4.37. The first-order valence-electron chi connectivity index (χ1n) is 21.6. The van der Waals surface area contributed by atoms with Gasteiger partial charge in [-0.1, -0.05) is 60.5 Å². The number of aromatic nitrogens is 3. The number of halogens is 2. The van der Waals surface area contributed by atoms with Crippen LogP contribution in [0.25, 0.3) is 32.9 Å². The van der Waals surface area contributed by atoms with Crippen LogP contribution < -0.4 is 9.64 Å². The number of hydrogen-bond acceptors (Lipinski definition) is 10. The van der Waals surface area contributed by atoms with Crippen LogP contribution in [0.3, 0.4) is 0 Å². The van der Waals surface area contributed by atoms with E-state index in [2.05, 4.69) is 62.9 Å². The first-order chi connectivity index (χ1) is 28.7. The topological polar surface area (TPSA) is 124 Å². The molecular formula is C46H59F2N5O6SSi. The Balaban J connectivity index is 1.50. The van der Waals surface area contributed by atoms with Crippen LogP contribution in [0.1, 0.15) is 106 Å². The van der Waals surface area contributed by atoms with Gasteiger partial charge in [-0.15, -0.1) is 5.54 Å². The number of methoxy groups -OCH3 is 1. The maximum atomic E-state index is 17.9. The average molecular weight is 876 g/mol. The molecule has 61 heavy (non-hydrogen) atoms. The fourth-order valence-electron chi connectivity index (χ4n) is 10.3. The maximum Gasteiger partial charge on any atom is 0.410 e. The number of carbonyl (C=O) groups excluding carboxylic acids is 1. The summed E-state index contributed by atoms with van der Waals surface area (Å²) in [6, 6.07) is 5.66. The molecule has 5 heterocycles. The van der Waals surface area contributed by atoms with Crippen molar-refractivity contribution in [1.29, 1.82) is 0 Å². The second-order valence-electron chi connectivity index (χ2n) is 18.7. The Kier molecular flexibility index (Phi) is 12.2. The number of nitrogens with zero attached hydrogens (tertiary/aromatic N) is 5. The summed E-state index contributed by atoms with van der Waals surface area (Å²) in [7, 11) is -4.90. The van der Waals surface area contributed by atoms with E-state index in [0.29, 0.717) is 53.4 Å². The van der Waals surface area contributed by atoms with Gasteiger partial charge in [-0.2, -0.15) is 0 Å². The highest BCUT2D eigenvalue weighted by molar-refractivity contribution is 7.91. The summed E-state index contributed by atoms with van der Waals surface area (Å²) in [6.45, 7) is 20.4. The van der Waals surface area contributed by atoms with Crippen LogP contribution in [0, 0.1) is 23.1 Å². The Morgan fingerprint density at radius 2 is 1.67 bits per heavy atom. The summed E-state index contributed by atoms with van der Waals surface area (Å²) in [5, 5.41) is 0.765. The molecule has 0 N–H and O–H groups in total.